The van der Waals surface area contributed by atoms with Crippen LogP contribution in [0.25, 0.3) is 0 Å². The van der Waals surface area contributed by atoms with Gasteiger partial charge in [0, 0.05) is 49.1 Å². The summed E-state index contributed by atoms with van der Waals surface area (Å²) in [5.74, 6) is 0.460. The Balaban J connectivity index is 1.62. The van der Waals surface area contributed by atoms with Gasteiger partial charge in [0.15, 0.2) is 0 Å². The van der Waals surface area contributed by atoms with Gasteiger partial charge in [0.2, 0.25) is 5.91 Å². The van der Waals surface area contributed by atoms with E-state index in [2.05, 4.69) is 10.3 Å². The summed E-state index contributed by atoms with van der Waals surface area (Å²) >= 11 is 0. The average molecular weight is 460 g/mol. The van der Waals surface area contributed by atoms with Crippen molar-refractivity contribution < 1.29 is 19.1 Å². The molecule has 176 valence electrons. The Labute approximate surface area is 199 Å². The zero-order chi connectivity index (χ0) is 24.1. The molecule has 0 unspecified atom stereocenters. The van der Waals surface area contributed by atoms with E-state index in [0.29, 0.717) is 36.7 Å². The largest absolute Gasteiger partial charge is 0.497 e. The second-order valence-electron chi connectivity index (χ2n) is 8.48. The molecule has 0 aliphatic carbocycles. The molecule has 0 radical (unpaired) electrons. The van der Waals surface area contributed by atoms with Crippen molar-refractivity contribution in [3.05, 3.63) is 89.2 Å². The summed E-state index contributed by atoms with van der Waals surface area (Å²) in [6, 6.07) is 16.8. The zero-order valence-corrected chi connectivity index (χ0v) is 19.7. The molecule has 3 aromatic rings. The van der Waals surface area contributed by atoms with Gasteiger partial charge < -0.3 is 19.7 Å². The van der Waals surface area contributed by atoms with Crippen LogP contribution in [-0.2, 0) is 11.3 Å². The third-order valence-corrected chi connectivity index (χ3v) is 6.27. The highest BCUT2D eigenvalue weighted by molar-refractivity contribution is 5.95. The number of aromatic nitrogens is 1. The third kappa shape index (κ3) is 5.03. The Kier molecular flexibility index (Phi) is 7.11. The van der Waals surface area contributed by atoms with Crippen LogP contribution in [0, 0.1) is 12.8 Å². The number of hydrogen-bond acceptors (Lipinski definition) is 5. The van der Waals surface area contributed by atoms with Crippen molar-refractivity contribution in [2.75, 3.05) is 27.3 Å². The van der Waals surface area contributed by atoms with E-state index in [1.807, 2.05) is 61.5 Å². The lowest BCUT2D eigenvalue weighted by Crippen LogP contribution is -2.35. The monoisotopic (exact) mass is 459 g/mol. The second-order valence-corrected chi connectivity index (χ2v) is 8.48. The first kappa shape index (κ1) is 23.3. The molecule has 1 aliphatic rings. The molecule has 1 saturated heterocycles. The average Bonchev–Trinajstić information content (AvgIpc) is 3.33. The van der Waals surface area contributed by atoms with Gasteiger partial charge in [0.25, 0.3) is 5.91 Å². The van der Waals surface area contributed by atoms with Crippen LogP contribution in [0.2, 0.25) is 0 Å². The van der Waals surface area contributed by atoms with Crippen LogP contribution in [0.15, 0.2) is 67.0 Å². The summed E-state index contributed by atoms with van der Waals surface area (Å²) in [6.07, 6.45) is 3.42. The van der Waals surface area contributed by atoms with E-state index >= 15 is 0 Å². The molecule has 2 amide bonds. The molecule has 4 rings (SSSR count). The quantitative estimate of drug-likeness (QED) is 0.584. The van der Waals surface area contributed by atoms with Gasteiger partial charge in [0.05, 0.1) is 20.1 Å². The first-order valence-electron chi connectivity index (χ1n) is 11.2. The number of benzene rings is 2. The molecule has 2 atom stereocenters. The minimum atomic E-state index is -0.438. The van der Waals surface area contributed by atoms with Gasteiger partial charge in [0.1, 0.15) is 11.5 Å². The summed E-state index contributed by atoms with van der Waals surface area (Å²) in [6.45, 7) is 3.08. The van der Waals surface area contributed by atoms with E-state index in [-0.39, 0.29) is 17.7 Å². The van der Waals surface area contributed by atoms with Gasteiger partial charge in [-0.25, -0.2) is 0 Å². The van der Waals surface area contributed by atoms with Gasteiger partial charge in [-0.2, -0.15) is 0 Å². The number of nitrogens with zero attached hydrogens (tertiary/aromatic N) is 2. The predicted molar refractivity (Wildman–Crippen MR) is 129 cm³/mol. The minimum Gasteiger partial charge on any atom is -0.497 e. The van der Waals surface area contributed by atoms with Gasteiger partial charge in [-0.1, -0.05) is 23.8 Å². The fraction of sp³-hybridized carbons (Fsp3) is 0.296. The number of amides is 2. The topological polar surface area (TPSA) is 80.8 Å². The Hall–Kier alpha value is -3.87. The molecule has 2 aromatic carbocycles. The van der Waals surface area contributed by atoms with Gasteiger partial charge in [-0.15, -0.1) is 0 Å². The maximum absolute atomic E-state index is 13.4. The van der Waals surface area contributed by atoms with Crippen LogP contribution < -0.4 is 14.8 Å². The summed E-state index contributed by atoms with van der Waals surface area (Å²) in [5, 5.41) is 3.02. The Morgan fingerprint density at radius 2 is 1.85 bits per heavy atom. The fourth-order valence-corrected chi connectivity index (χ4v) is 4.38. The van der Waals surface area contributed by atoms with E-state index in [1.165, 1.54) is 0 Å². The summed E-state index contributed by atoms with van der Waals surface area (Å²) < 4.78 is 11.0. The number of ether oxygens (including phenoxy) is 2. The third-order valence-electron chi connectivity index (χ3n) is 6.27. The summed E-state index contributed by atoms with van der Waals surface area (Å²) in [4.78, 5) is 32.5. The normalized spacial score (nSPS) is 17.3. The molecule has 1 aromatic heterocycles. The molecule has 34 heavy (non-hydrogen) atoms. The number of carbonyl (C=O) groups is 2. The van der Waals surface area contributed by atoms with Crippen LogP contribution in [0.3, 0.4) is 0 Å². The molecular formula is C27H29N3O4. The van der Waals surface area contributed by atoms with Crippen LogP contribution >= 0.6 is 0 Å². The van der Waals surface area contributed by atoms with E-state index in [0.717, 1.165) is 16.7 Å². The number of likely N-dealkylation sites (tertiary alicyclic amines) is 1. The predicted octanol–water partition coefficient (Wildman–Crippen LogP) is 3.58. The summed E-state index contributed by atoms with van der Waals surface area (Å²) in [5.41, 5.74) is 3.46. The molecule has 1 N–H and O–H groups in total. The van der Waals surface area contributed by atoms with E-state index in [1.54, 1.807) is 31.5 Å². The molecular weight excluding hydrogens is 430 g/mol. The number of hydrogen-bond donors (Lipinski definition) is 1. The van der Waals surface area contributed by atoms with Crippen LogP contribution in [0.5, 0.6) is 11.5 Å². The highest BCUT2D eigenvalue weighted by atomic mass is 16.5. The SMILES string of the molecule is COc1ccc(OC)c([C@H]2CN(C(=O)c3ccc(C)cc3)C[C@H]2C(=O)NCc2cccnc2)c1. The van der Waals surface area contributed by atoms with E-state index < -0.39 is 5.92 Å². The number of pyridine rings is 1. The number of nitrogens with one attached hydrogen (secondary N) is 1. The van der Waals surface area contributed by atoms with Gasteiger partial charge in [-0.3, -0.25) is 14.6 Å². The Bertz CT molecular complexity index is 1150. The zero-order valence-electron chi connectivity index (χ0n) is 19.7. The molecule has 1 fully saturated rings. The first-order valence-corrected chi connectivity index (χ1v) is 11.2. The van der Waals surface area contributed by atoms with Crippen molar-refractivity contribution in [1.29, 1.82) is 0 Å². The molecule has 7 heteroatoms. The van der Waals surface area contributed by atoms with Gasteiger partial charge >= 0.3 is 0 Å². The fourth-order valence-electron chi connectivity index (χ4n) is 4.38. The molecule has 7 nitrogen and oxygen atoms in total. The molecule has 2 heterocycles. The maximum atomic E-state index is 13.4. The standard InChI is InChI=1S/C27H29N3O4/c1-18-6-8-20(9-7-18)27(32)30-16-23(22-13-21(33-2)10-11-25(22)34-3)24(17-30)26(31)29-15-19-5-4-12-28-14-19/h4-14,23-24H,15-17H2,1-3H3,(H,29,31)/t23-,24-/m1/s1. The Morgan fingerprint density at radius 1 is 1.06 bits per heavy atom. The maximum Gasteiger partial charge on any atom is 0.253 e. The van der Waals surface area contributed by atoms with Crippen LogP contribution in [-0.4, -0.2) is 49.0 Å². The van der Waals surface area contributed by atoms with E-state index in [4.69, 9.17) is 9.47 Å². The summed E-state index contributed by atoms with van der Waals surface area (Å²) in [7, 11) is 3.21. The molecule has 0 saturated carbocycles. The lowest BCUT2D eigenvalue weighted by atomic mass is 9.87. The molecule has 0 bridgehead atoms. The lowest BCUT2D eigenvalue weighted by molar-refractivity contribution is -0.125. The van der Waals surface area contributed by atoms with Crippen LogP contribution in [0.4, 0.5) is 0 Å². The molecule has 0 spiro atoms. The highest BCUT2D eigenvalue weighted by Gasteiger charge is 2.41. The van der Waals surface area contributed by atoms with Crippen LogP contribution in [0.1, 0.15) is 33.0 Å². The highest BCUT2D eigenvalue weighted by Crippen LogP contribution is 2.40. The number of aryl methyl sites for hydroxylation is 1. The number of carbonyl (C=O) groups excluding carboxylic acids is 2. The van der Waals surface area contributed by atoms with Gasteiger partial charge in [-0.05, 0) is 48.9 Å². The van der Waals surface area contributed by atoms with Crippen molar-refractivity contribution in [2.24, 2.45) is 5.92 Å². The number of rotatable bonds is 7. The van der Waals surface area contributed by atoms with Crippen molar-refractivity contribution in [3.8, 4) is 11.5 Å². The smallest absolute Gasteiger partial charge is 0.253 e. The van der Waals surface area contributed by atoms with E-state index in [9.17, 15) is 9.59 Å². The minimum absolute atomic E-state index is 0.0885. The first-order chi connectivity index (χ1) is 16.5. The second kappa shape index (κ2) is 10.4. The van der Waals surface area contributed by atoms with Crippen molar-refractivity contribution >= 4 is 11.8 Å². The lowest BCUT2D eigenvalue weighted by Gasteiger charge is -2.21. The molecule has 1 aliphatic heterocycles. The van der Waals surface area contributed by atoms with Crippen molar-refractivity contribution in [2.45, 2.75) is 19.4 Å². The van der Waals surface area contributed by atoms with Crippen molar-refractivity contribution in [1.82, 2.24) is 15.2 Å². The number of methoxy groups -OCH3 is 2. The van der Waals surface area contributed by atoms with Crippen molar-refractivity contribution in [3.63, 3.8) is 0 Å². The Morgan fingerprint density at radius 3 is 2.53 bits per heavy atom.